The van der Waals surface area contributed by atoms with Gasteiger partial charge in [-0.05, 0) is 37.5 Å². The third-order valence-electron chi connectivity index (χ3n) is 2.55. The fraction of sp³-hybridized carbons (Fsp3) is 0.417. The van der Waals surface area contributed by atoms with E-state index < -0.39 is 0 Å². The molecule has 1 aliphatic heterocycles. The molecule has 0 fully saturated rings. The minimum atomic E-state index is 0.979. The number of nitrogens with zero attached hydrogens (tertiary/aromatic N) is 1. The van der Waals surface area contributed by atoms with Crippen LogP contribution in [0, 0.1) is 13.8 Å². The maximum atomic E-state index is 4.41. The van der Waals surface area contributed by atoms with Gasteiger partial charge in [-0.25, -0.2) is 0 Å². The van der Waals surface area contributed by atoms with Gasteiger partial charge in [0.25, 0.3) is 0 Å². The zero-order valence-electron chi connectivity index (χ0n) is 8.80. The molecule has 2 nitrogen and oxygen atoms in total. The maximum absolute atomic E-state index is 4.41. The first-order valence-electron chi connectivity index (χ1n) is 5.13. The van der Waals surface area contributed by atoms with Crippen LogP contribution >= 0.6 is 0 Å². The van der Waals surface area contributed by atoms with Crippen LogP contribution in [0.2, 0.25) is 0 Å². The van der Waals surface area contributed by atoms with E-state index in [1.807, 2.05) is 0 Å². The lowest BCUT2D eigenvalue weighted by Gasteiger charge is -2.09. The van der Waals surface area contributed by atoms with Gasteiger partial charge in [0.2, 0.25) is 0 Å². The van der Waals surface area contributed by atoms with Crippen LogP contribution in [0.25, 0.3) is 0 Å². The van der Waals surface area contributed by atoms with Crippen molar-refractivity contribution in [2.75, 3.05) is 11.9 Å². The second kappa shape index (κ2) is 3.82. The Labute approximate surface area is 85.1 Å². The van der Waals surface area contributed by atoms with Gasteiger partial charge < -0.3 is 5.32 Å². The summed E-state index contributed by atoms with van der Waals surface area (Å²) in [6.07, 6.45) is 2.28. The number of aryl methyl sites for hydroxylation is 2. The Kier molecular flexibility index (Phi) is 2.53. The molecule has 0 unspecified atom stereocenters. The van der Waals surface area contributed by atoms with Crippen molar-refractivity contribution in [2.45, 2.75) is 26.7 Å². The van der Waals surface area contributed by atoms with Crippen LogP contribution in [0.5, 0.6) is 0 Å². The van der Waals surface area contributed by atoms with Crippen LogP contribution in [0.4, 0.5) is 5.69 Å². The largest absolute Gasteiger partial charge is 0.344 e. The summed E-state index contributed by atoms with van der Waals surface area (Å²) < 4.78 is 0. The Hall–Kier alpha value is -1.31. The zero-order chi connectivity index (χ0) is 9.97. The van der Waals surface area contributed by atoms with E-state index in [2.05, 4.69) is 42.4 Å². The molecule has 0 saturated carbocycles. The van der Waals surface area contributed by atoms with Crippen molar-refractivity contribution in [2.24, 2.45) is 4.99 Å². The van der Waals surface area contributed by atoms with Gasteiger partial charge in [-0.1, -0.05) is 12.1 Å². The minimum Gasteiger partial charge on any atom is -0.344 e. The van der Waals surface area contributed by atoms with E-state index >= 15 is 0 Å². The van der Waals surface area contributed by atoms with Gasteiger partial charge >= 0.3 is 0 Å². The highest BCUT2D eigenvalue weighted by molar-refractivity contribution is 5.97. The average Bonchev–Trinajstić information content (AvgIpc) is 2.64. The maximum Gasteiger partial charge on any atom is 0.101 e. The second-order valence-electron chi connectivity index (χ2n) is 3.88. The Bertz CT molecular complexity index is 367. The third-order valence-corrected chi connectivity index (χ3v) is 2.55. The van der Waals surface area contributed by atoms with Crippen molar-refractivity contribution in [3.8, 4) is 0 Å². The molecule has 0 aromatic heterocycles. The van der Waals surface area contributed by atoms with Gasteiger partial charge in [-0.3, -0.25) is 4.99 Å². The highest BCUT2D eigenvalue weighted by Crippen LogP contribution is 2.18. The molecular formula is C12H16N2. The molecule has 1 aromatic rings. The first-order valence-corrected chi connectivity index (χ1v) is 5.13. The van der Waals surface area contributed by atoms with Crippen LogP contribution in [-0.4, -0.2) is 12.4 Å². The lowest BCUT2D eigenvalue weighted by molar-refractivity contribution is 0.951. The molecule has 1 aromatic carbocycles. The normalized spacial score (nSPS) is 15.4. The molecular weight excluding hydrogens is 172 g/mol. The molecule has 0 amide bonds. The molecule has 2 heteroatoms. The van der Waals surface area contributed by atoms with E-state index in [4.69, 9.17) is 0 Å². The summed E-state index contributed by atoms with van der Waals surface area (Å²) in [7, 11) is 0. The molecule has 2 rings (SSSR count). The van der Waals surface area contributed by atoms with Crippen LogP contribution in [-0.2, 0) is 0 Å². The fourth-order valence-electron chi connectivity index (χ4n) is 1.67. The Morgan fingerprint density at radius 3 is 2.86 bits per heavy atom. The first kappa shape index (κ1) is 9.25. The van der Waals surface area contributed by atoms with Crippen LogP contribution in [0.15, 0.2) is 23.2 Å². The predicted octanol–water partition coefficient (Wildman–Crippen LogP) is 2.91. The Morgan fingerprint density at radius 1 is 1.29 bits per heavy atom. The van der Waals surface area contributed by atoms with Gasteiger partial charge in [0.1, 0.15) is 5.84 Å². The molecule has 1 aliphatic rings. The van der Waals surface area contributed by atoms with Crippen molar-refractivity contribution < 1.29 is 0 Å². The summed E-state index contributed by atoms with van der Waals surface area (Å²) in [5.41, 5.74) is 3.77. The molecule has 1 heterocycles. The van der Waals surface area contributed by atoms with E-state index in [-0.39, 0.29) is 0 Å². The summed E-state index contributed by atoms with van der Waals surface area (Å²) in [6.45, 7) is 5.21. The van der Waals surface area contributed by atoms with Crippen molar-refractivity contribution in [1.29, 1.82) is 0 Å². The highest BCUT2D eigenvalue weighted by Gasteiger charge is 2.07. The van der Waals surface area contributed by atoms with Gasteiger partial charge in [0.15, 0.2) is 0 Å². The number of anilines is 1. The number of rotatable bonds is 1. The number of nitrogens with one attached hydrogen (secondary N) is 1. The summed E-state index contributed by atoms with van der Waals surface area (Å²) in [5.74, 6) is 1.14. The fourth-order valence-corrected chi connectivity index (χ4v) is 1.67. The van der Waals surface area contributed by atoms with Gasteiger partial charge in [0, 0.05) is 18.7 Å². The number of benzene rings is 1. The zero-order valence-corrected chi connectivity index (χ0v) is 8.80. The predicted molar refractivity (Wildman–Crippen MR) is 61.1 cm³/mol. The number of hydrogen-bond acceptors (Lipinski definition) is 2. The molecule has 0 spiro atoms. The van der Waals surface area contributed by atoms with Gasteiger partial charge in [-0.15, -0.1) is 0 Å². The van der Waals surface area contributed by atoms with Crippen molar-refractivity contribution >= 4 is 11.5 Å². The number of amidine groups is 1. The van der Waals surface area contributed by atoms with E-state index in [0.717, 1.165) is 18.8 Å². The van der Waals surface area contributed by atoms with Gasteiger partial charge in [-0.2, -0.15) is 0 Å². The van der Waals surface area contributed by atoms with Crippen LogP contribution in [0.1, 0.15) is 24.0 Å². The smallest absolute Gasteiger partial charge is 0.101 e. The van der Waals surface area contributed by atoms with Gasteiger partial charge in [0.05, 0.1) is 0 Å². The summed E-state index contributed by atoms with van der Waals surface area (Å²) in [5, 5.41) is 3.40. The molecule has 0 bridgehead atoms. The number of hydrogen-bond donors (Lipinski definition) is 1. The minimum absolute atomic E-state index is 0.979. The van der Waals surface area contributed by atoms with Crippen molar-refractivity contribution in [3.05, 3.63) is 29.3 Å². The number of aliphatic imine (C=N–C) groups is 1. The van der Waals surface area contributed by atoms with Crippen molar-refractivity contribution in [1.82, 2.24) is 0 Å². The molecule has 74 valence electrons. The third kappa shape index (κ3) is 1.95. The average molecular weight is 188 g/mol. The van der Waals surface area contributed by atoms with Crippen LogP contribution in [0.3, 0.4) is 0 Å². The summed E-state index contributed by atoms with van der Waals surface area (Å²) in [6, 6.07) is 6.46. The standard InChI is InChI=1S/C12H16N2/c1-9-5-6-10(2)11(8-9)14-12-4-3-7-13-12/h5-6,8H,3-4,7H2,1-2H3,(H,13,14). The first-order chi connectivity index (χ1) is 6.75. The lowest BCUT2D eigenvalue weighted by Crippen LogP contribution is -2.09. The SMILES string of the molecule is Cc1ccc(C)c(NC2=NCCC2)c1. The van der Waals surface area contributed by atoms with Crippen molar-refractivity contribution in [3.63, 3.8) is 0 Å². The molecule has 0 atom stereocenters. The molecule has 0 aliphatic carbocycles. The van der Waals surface area contributed by atoms with E-state index in [0.29, 0.717) is 0 Å². The van der Waals surface area contributed by atoms with E-state index in [1.54, 1.807) is 0 Å². The van der Waals surface area contributed by atoms with E-state index in [1.165, 1.54) is 23.2 Å². The topological polar surface area (TPSA) is 24.4 Å². The van der Waals surface area contributed by atoms with E-state index in [9.17, 15) is 0 Å². The monoisotopic (exact) mass is 188 g/mol. The Morgan fingerprint density at radius 2 is 2.14 bits per heavy atom. The quantitative estimate of drug-likeness (QED) is 0.720. The molecule has 0 radical (unpaired) electrons. The summed E-state index contributed by atoms with van der Waals surface area (Å²) >= 11 is 0. The van der Waals surface area contributed by atoms with Crippen LogP contribution < -0.4 is 5.32 Å². The molecule has 14 heavy (non-hydrogen) atoms. The second-order valence-corrected chi connectivity index (χ2v) is 3.88. The molecule has 1 N–H and O–H groups in total. The summed E-state index contributed by atoms with van der Waals surface area (Å²) in [4.78, 5) is 4.41. The molecule has 0 saturated heterocycles. The highest BCUT2D eigenvalue weighted by atomic mass is 15.0. The lowest BCUT2D eigenvalue weighted by atomic mass is 10.1. The Balaban J connectivity index is 2.19.